The summed E-state index contributed by atoms with van der Waals surface area (Å²) < 4.78 is 5.07. The first kappa shape index (κ1) is 17.0. The van der Waals surface area contributed by atoms with E-state index in [1.807, 2.05) is 29.7 Å². The molecule has 0 aliphatic carbocycles. The highest BCUT2D eigenvalue weighted by molar-refractivity contribution is 8.03. The molecule has 0 spiro atoms. The zero-order chi connectivity index (χ0) is 16.5. The summed E-state index contributed by atoms with van der Waals surface area (Å²) in [6, 6.07) is 14.4. The third-order valence-corrected chi connectivity index (χ3v) is 3.86. The molecular weight excluding hydrogens is 334 g/mol. The van der Waals surface area contributed by atoms with E-state index in [4.69, 9.17) is 21.6 Å². The fourth-order valence-electron chi connectivity index (χ4n) is 1.76. The Bertz CT molecular complexity index is 704. The molecule has 0 aliphatic rings. The molecule has 0 bridgehead atoms. The lowest BCUT2D eigenvalue weighted by Crippen LogP contribution is -2.18. The van der Waals surface area contributed by atoms with E-state index < -0.39 is 6.09 Å². The monoisotopic (exact) mass is 347 g/mol. The minimum atomic E-state index is -0.503. The molecule has 0 radical (unpaired) electrons. The number of thioether (sulfide) groups is 1. The van der Waals surface area contributed by atoms with E-state index in [-0.39, 0.29) is 6.61 Å². The predicted molar refractivity (Wildman–Crippen MR) is 92.8 cm³/mol. The molecule has 1 amide bonds. The minimum absolute atomic E-state index is 0.213. The number of anilines is 2. The van der Waals surface area contributed by atoms with E-state index in [0.29, 0.717) is 22.2 Å². The number of carbonyl (C=O) groups excluding carboxylic acids is 1. The number of hydrogen-bond donors (Lipinski definition) is 2. The SMILES string of the molecule is N#CSc1ccc(NCCOC(=O)Nc2ccccc2)cc1Cl. The third kappa shape index (κ3) is 5.74. The van der Waals surface area contributed by atoms with Crippen molar-refractivity contribution in [2.75, 3.05) is 23.8 Å². The lowest BCUT2D eigenvalue weighted by Gasteiger charge is -2.09. The summed E-state index contributed by atoms with van der Waals surface area (Å²) in [5.41, 5.74) is 1.48. The molecule has 2 rings (SSSR count). The van der Waals surface area contributed by atoms with Crippen LogP contribution < -0.4 is 10.6 Å². The average Bonchev–Trinajstić information content (AvgIpc) is 2.55. The van der Waals surface area contributed by atoms with Gasteiger partial charge in [0.05, 0.1) is 5.02 Å². The summed E-state index contributed by atoms with van der Waals surface area (Å²) in [6.07, 6.45) is -0.503. The van der Waals surface area contributed by atoms with Crippen molar-refractivity contribution in [3.8, 4) is 5.40 Å². The molecule has 118 valence electrons. The van der Waals surface area contributed by atoms with Crippen LogP contribution in [0.1, 0.15) is 0 Å². The molecule has 0 saturated carbocycles. The van der Waals surface area contributed by atoms with Gasteiger partial charge in [0.1, 0.15) is 12.0 Å². The highest BCUT2D eigenvalue weighted by Crippen LogP contribution is 2.28. The molecule has 0 fully saturated rings. The lowest BCUT2D eigenvalue weighted by molar-refractivity contribution is 0.166. The molecule has 0 aromatic heterocycles. The molecule has 2 aromatic rings. The Morgan fingerprint density at radius 2 is 2.00 bits per heavy atom. The maximum absolute atomic E-state index is 11.6. The highest BCUT2D eigenvalue weighted by Gasteiger charge is 2.04. The van der Waals surface area contributed by atoms with Gasteiger partial charge >= 0.3 is 6.09 Å². The number of carbonyl (C=O) groups is 1. The van der Waals surface area contributed by atoms with E-state index >= 15 is 0 Å². The summed E-state index contributed by atoms with van der Waals surface area (Å²) in [7, 11) is 0. The number of nitrogens with one attached hydrogen (secondary N) is 2. The number of halogens is 1. The number of nitrogens with zero attached hydrogens (tertiary/aromatic N) is 1. The Morgan fingerprint density at radius 1 is 1.22 bits per heavy atom. The van der Waals surface area contributed by atoms with Gasteiger partial charge in [0.2, 0.25) is 0 Å². The van der Waals surface area contributed by atoms with E-state index in [0.717, 1.165) is 17.4 Å². The van der Waals surface area contributed by atoms with E-state index in [9.17, 15) is 4.79 Å². The number of amides is 1. The molecule has 2 N–H and O–H groups in total. The Hall–Kier alpha value is -2.36. The van der Waals surface area contributed by atoms with Crippen LogP contribution in [0.2, 0.25) is 5.02 Å². The molecule has 5 nitrogen and oxygen atoms in total. The van der Waals surface area contributed by atoms with Gasteiger partial charge < -0.3 is 10.1 Å². The molecule has 7 heteroatoms. The Kier molecular flexibility index (Phi) is 6.60. The summed E-state index contributed by atoms with van der Waals surface area (Å²) in [6.45, 7) is 0.661. The highest BCUT2D eigenvalue weighted by atomic mass is 35.5. The van der Waals surface area contributed by atoms with Crippen LogP contribution in [0.5, 0.6) is 0 Å². The maximum atomic E-state index is 11.6. The smallest absolute Gasteiger partial charge is 0.411 e. The number of rotatable bonds is 6. The summed E-state index contributed by atoms with van der Waals surface area (Å²) in [4.78, 5) is 12.3. The lowest BCUT2D eigenvalue weighted by atomic mass is 10.3. The third-order valence-electron chi connectivity index (χ3n) is 2.77. The number of hydrogen-bond acceptors (Lipinski definition) is 5. The number of ether oxygens (including phenoxy) is 1. The van der Waals surface area contributed by atoms with Gasteiger partial charge in [0.25, 0.3) is 0 Å². The van der Waals surface area contributed by atoms with Gasteiger partial charge in [-0.1, -0.05) is 29.8 Å². The Labute approximate surface area is 143 Å². The second-order valence-electron chi connectivity index (χ2n) is 4.39. The van der Waals surface area contributed by atoms with Crippen molar-refractivity contribution >= 4 is 40.8 Å². The first-order chi connectivity index (χ1) is 11.2. The minimum Gasteiger partial charge on any atom is -0.447 e. The largest absolute Gasteiger partial charge is 0.447 e. The number of thiocyanates is 1. The van der Waals surface area contributed by atoms with Crippen LogP contribution in [0, 0.1) is 10.7 Å². The van der Waals surface area contributed by atoms with E-state index in [1.165, 1.54) is 0 Å². The molecule has 0 saturated heterocycles. The van der Waals surface area contributed by atoms with Crippen molar-refractivity contribution in [3.63, 3.8) is 0 Å². The van der Waals surface area contributed by atoms with Gasteiger partial charge in [0.15, 0.2) is 0 Å². The Balaban J connectivity index is 1.72. The van der Waals surface area contributed by atoms with Crippen LogP contribution in [-0.4, -0.2) is 19.2 Å². The van der Waals surface area contributed by atoms with Crippen LogP contribution in [0.4, 0.5) is 16.2 Å². The van der Waals surface area contributed by atoms with Gasteiger partial charge in [0, 0.05) is 22.8 Å². The molecule has 23 heavy (non-hydrogen) atoms. The fraction of sp³-hybridized carbons (Fsp3) is 0.125. The van der Waals surface area contributed by atoms with Gasteiger partial charge in [-0.05, 0) is 42.1 Å². The Morgan fingerprint density at radius 3 is 2.70 bits per heavy atom. The van der Waals surface area contributed by atoms with Crippen molar-refractivity contribution in [1.82, 2.24) is 0 Å². The van der Waals surface area contributed by atoms with Gasteiger partial charge in [-0.2, -0.15) is 5.26 Å². The molecule has 0 unspecified atom stereocenters. The summed E-state index contributed by atoms with van der Waals surface area (Å²) >= 11 is 7.07. The van der Waals surface area contributed by atoms with Crippen LogP contribution >= 0.6 is 23.4 Å². The van der Waals surface area contributed by atoms with Crippen LogP contribution in [0.25, 0.3) is 0 Å². The first-order valence-corrected chi connectivity index (χ1v) is 7.96. The number of para-hydroxylation sites is 1. The van der Waals surface area contributed by atoms with Crippen LogP contribution in [0.3, 0.4) is 0 Å². The second kappa shape index (κ2) is 8.93. The maximum Gasteiger partial charge on any atom is 0.411 e. The molecular formula is C16H14ClN3O2S. The average molecular weight is 348 g/mol. The summed E-state index contributed by atoms with van der Waals surface area (Å²) in [5.74, 6) is 0. The quantitative estimate of drug-likeness (QED) is 0.454. The molecule has 0 heterocycles. The zero-order valence-corrected chi connectivity index (χ0v) is 13.7. The topological polar surface area (TPSA) is 74.1 Å². The number of benzene rings is 2. The molecule has 0 atom stereocenters. The van der Waals surface area contributed by atoms with Crippen LogP contribution in [-0.2, 0) is 4.74 Å². The van der Waals surface area contributed by atoms with Crippen LogP contribution in [0.15, 0.2) is 53.4 Å². The van der Waals surface area contributed by atoms with Crippen molar-refractivity contribution in [3.05, 3.63) is 53.6 Å². The zero-order valence-electron chi connectivity index (χ0n) is 12.1. The standard InChI is InChI=1S/C16H14ClN3O2S/c17-14-10-13(6-7-15(14)23-11-18)19-8-9-22-16(21)20-12-4-2-1-3-5-12/h1-7,10,19H,8-9H2,(H,20,21). The van der Waals surface area contributed by atoms with E-state index in [2.05, 4.69) is 10.6 Å². The summed E-state index contributed by atoms with van der Waals surface area (Å²) in [5, 5.41) is 16.8. The predicted octanol–water partition coefficient (Wildman–Crippen LogP) is 4.57. The fourth-order valence-corrected chi connectivity index (χ4v) is 2.44. The van der Waals surface area contributed by atoms with Crippen molar-refractivity contribution < 1.29 is 9.53 Å². The van der Waals surface area contributed by atoms with E-state index in [1.54, 1.807) is 24.3 Å². The normalized spacial score (nSPS) is 9.74. The van der Waals surface area contributed by atoms with Crippen molar-refractivity contribution in [2.45, 2.75) is 4.90 Å². The molecule has 2 aromatic carbocycles. The van der Waals surface area contributed by atoms with Crippen molar-refractivity contribution in [1.29, 1.82) is 5.26 Å². The second-order valence-corrected chi connectivity index (χ2v) is 5.63. The van der Waals surface area contributed by atoms with Gasteiger partial charge in [-0.3, -0.25) is 5.32 Å². The van der Waals surface area contributed by atoms with Gasteiger partial charge in [-0.25, -0.2) is 4.79 Å². The first-order valence-electron chi connectivity index (χ1n) is 6.77. The number of nitriles is 1. The van der Waals surface area contributed by atoms with Crippen molar-refractivity contribution in [2.24, 2.45) is 0 Å². The van der Waals surface area contributed by atoms with Gasteiger partial charge in [-0.15, -0.1) is 0 Å². The molecule has 0 aliphatic heterocycles.